The monoisotopic (exact) mass is 234 g/mol. The number of hydrogen-bond donors (Lipinski definition) is 1. The van der Waals surface area contributed by atoms with Crippen molar-refractivity contribution in [1.82, 2.24) is 0 Å². The van der Waals surface area contributed by atoms with E-state index in [2.05, 4.69) is 0 Å². The smallest absolute Gasteiger partial charge is 0.309 e. The van der Waals surface area contributed by atoms with Gasteiger partial charge in [-0.25, -0.2) is 0 Å². The van der Waals surface area contributed by atoms with E-state index in [-0.39, 0.29) is 6.10 Å². The van der Waals surface area contributed by atoms with Crippen molar-refractivity contribution in [2.45, 2.75) is 39.2 Å². The van der Waals surface area contributed by atoms with E-state index in [1.165, 1.54) is 0 Å². The van der Waals surface area contributed by atoms with Gasteiger partial charge < -0.3 is 9.84 Å². The van der Waals surface area contributed by atoms with Gasteiger partial charge in [-0.3, -0.25) is 4.79 Å². The Morgan fingerprint density at radius 3 is 2.35 bits per heavy atom. The number of carboxylic acid groups (broad SMARTS) is 1. The molecule has 1 N–H and O–H groups in total. The van der Waals surface area contributed by atoms with Gasteiger partial charge in [-0.05, 0) is 50.8 Å². The minimum atomic E-state index is -0.667. The van der Waals surface area contributed by atoms with Crippen molar-refractivity contribution in [2.75, 3.05) is 0 Å². The zero-order valence-electron chi connectivity index (χ0n) is 10.3. The molecule has 0 unspecified atom stereocenters. The Morgan fingerprint density at radius 1 is 1.35 bits per heavy atom. The molecule has 3 heteroatoms. The molecule has 0 radical (unpaired) electrons. The minimum Gasteiger partial charge on any atom is -0.491 e. The molecular formula is C14H18O3. The van der Waals surface area contributed by atoms with E-state index in [9.17, 15) is 4.79 Å². The summed E-state index contributed by atoms with van der Waals surface area (Å²) in [6.07, 6.45) is 2.39. The van der Waals surface area contributed by atoms with E-state index >= 15 is 0 Å². The van der Waals surface area contributed by atoms with Crippen LogP contribution in [0.3, 0.4) is 0 Å². The van der Waals surface area contributed by atoms with Crippen LogP contribution in [0, 0.1) is 5.41 Å². The molecule has 1 saturated carbocycles. The van der Waals surface area contributed by atoms with Crippen molar-refractivity contribution < 1.29 is 14.6 Å². The van der Waals surface area contributed by atoms with Gasteiger partial charge >= 0.3 is 5.97 Å². The highest BCUT2D eigenvalue weighted by molar-refractivity contribution is 5.78. The fourth-order valence-electron chi connectivity index (χ4n) is 1.97. The molecule has 0 aliphatic heterocycles. The van der Waals surface area contributed by atoms with E-state index in [4.69, 9.17) is 9.84 Å². The van der Waals surface area contributed by atoms with E-state index < -0.39 is 11.4 Å². The summed E-state index contributed by atoms with van der Waals surface area (Å²) in [6, 6.07) is 7.74. The van der Waals surface area contributed by atoms with Crippen molar-refractivity contribution in [1.29, 1.82) is 0 Å². The Morgan fingerprint density at radius 2 is 1.94 bits per heavy atom. The average molecular weight is 234 g/mol. The molecule has 1 aromatic rings. The SMILES string of the molecule is CC(C)Oc1ccc(CC2(C(=O)O)CC2)cc1. The molecule has 1 fully saturated rings. The Balaban J connectivity index is 2.01. The van der Waals surface area contributed by atoms with Gasteiger partial charge in [0.1, 0.15) is 5.75 Å². The predicted octanol–water partition coefficient (Wildman–Crippen LogP) is 2.88. The molecule has 1 aliphatic rings. The first-order chi connectivity index (χ1) is 8.02. The van der Waals surface area contributed by atoms with Crippen molar-refractivity contribution in [3.63, 3.8) is 0 Å². The molecule has 0 atom stereocenters. The Labute approximate surface area is 101 Å². The second-order valence-electron chi connectivity index (χ2n) is 5.07. The molecule has 0 saturated heterocycles. The van der Waals surface area contributed by atoms with Crippen molar-refractivity contribution in [3.05, 3.63) is 29.8 Å². The van der Waals surface area contributed by atoms with E-state index in [0.29, 0.717) is 6.42 Å². The maximum Gasteiger partial charge on any atom is 0.309 e. The van der Waals surface area contributed by atoms with Crippen molar-refractivity contribution in [3.8, 4) is 5.75 Å². The molecular weight excluding hydrogens is 216 g/mol. The molecule has 0 spiro atoms. The fourth-order valence-corrected chi connectivity index (χ4v) is 1.97. The van der Waals surface area contributed by atoms with Gasteiger partial charge in [0.15, 0.2) is 0 Å². The van der Waals surface area contributed by atoms with Gasteiger partial charge in [-0.1, -0.05) is 12.1 Å². The third-order valence-electron chi connectivity index (χ3n) is 3.14. The summed E-state index contributed by atoms with van der Waals surface area (Å²) < 4.78 is 5.55. The lowest BCUT2D eigenvalue weighted by atomic mass is 9.97. The molecule has 17 heavy (non-hydrogen) atoms. The summed E-state index contributed by atoms with van der Waals surface area (Å²) in [5.41, 5.74) is 0.585. The summed E-state index contributed by atoms with van der Waals surface area (Å²) in [4.78, 5) is 11.1. The molecule has 2 rings (SSSR count). The van der Waals surface area contributed by atoms with E-state index in [0.717, 1.165) is 24.2 Å². The number of ether oxygens (including phenoxy) is 1. The lowest BCUT2D eigenvalue weighted by Gasteiger charge is -2.12. The topological polar surface area (TPSA) is 46.5 Å². The Kier molecular flexibility index (Phi) is 3.09. The van der Waals surface area contributed by atoms with Crippen LogP contribution < -0.4 is 4.74 Å². The number of carbonyl (C=O) groups is 1. The van der Waals surface area contributed by atoms with Crippen LogP contribution in [-0.4, -0.2) is 17.2 Å². The predicted molar refractivity (Wildman–Crippen MR) is 65.2 cm³/mol. The van der Waals surface area contributed by atoms with Crippen LogP contribution in [0.5, 0.6) is 5.75 Å². The highest BCUT2D eigenvalue weighted by Gasteiger charge is 2.49. The lowest BCUT2D eigenvalue weighted by molar-refractivity contribution is -0.143. The first-order valence-corrected chi connectivity index (χ1v) is 6.01. The maximum atomic E-state index is 11.1. The van der Waals surface area contributed by atoms with Crippen LogP contribution in [0.15, 0.2) is 24.3 Å². The van der Waals surface area contributed by atoms with Gasteiger partial charge in [-0.15, -0.1) is 0 Å². The fraction of sp³-hybridized carbons (Fsp3) is 0.500. The van der Waals surface area contributed by atoms with Gasteiger partial charge in [0.2, 0.25) is 0 Å². The quantitative estimate of drug-likeness (QED) is 0.852. The summed E-state index contributed by atoms with van der Waals surface area (Å²) >= 11 is 0. The summed E-state index contributed by atoms with van der Waals surface area (Å²) in [7, 11) is 0. The van der Waals surface area contributed by atoms with Crippen LogP contribution in [0.1, 0.15) is 32.3 Å². The van der Waals surface area contributed by atoms with Crippen LogP contribution in [0.2, 0.25) is 0 Å². The first kappa shape index (κ1) is 12.0. The summed E-state index contributed by atoms with van der Waals surface area (Å²) in [5, 5.41) is 9.11. The van der Waals surface area contributed by atoms with Gasteiger partial charge in [0, 0.05) is 0 Å². The molecule has 0 heterocycles. The highest BCUT2D eigenvalue weighted by Crippen LogP contribution is 2.48. The second-order valence-corrected chi connectivity index (χ2v) is 5.07. The number of aliphatic carboxylic acids is 1. The molecule has 0 amide bonds. The molecule has 1 aliphatic carbocycles. The van der Waals surface area contributed by atoms with Crippen LogP contribution in [-0.2, 0) is 11.2 Å². The third kappa shape index (κ3) is 2.78. The standard InChI is InChI=1S/C14H18O3/c1-10(2)17-12-5-3-11(4-6-12)9-14(7-8-14)13(15)16/h3-6,10H,7-9H2,1-2H3,(H,15,16). The number of hydrogen-bond acceptors (Lipinski definition) is 2. The Bertz CT molecular complexity index is 402. The van der Waals surface area contributed by atoms with Crippen LogP contribution >= 0.6 is 0 Å². The van der Waals surface area contributed by atoms with Gasteiger partial charge in [-0.2, -0.15) is 0 Å². The zero-order chi connectivity index (χ0) is 12.5. The minimum absolute atomic E-state index is 0.162. The first-order valence-electron chi connectivity index (χ1n) is 6.01. The van der Waals surface area contributed by atoms with Gasteiger partial charge in [0.25, 0.3) is 0 Å². The molecule has 0 aromatic heterocycles. The second kappa shape index (κ2) is 4.40. The zero-order valence-corrected chi connectivity index (χ0v) is 10.3. The largest absolute Gasteiger partial charge is 0.491 e. The molecule has 92 valence electrons. The van der Waals surface area contributed by atoms with E-state index in [1.807, 2.05) is 38.1 Å². The average Bonchev–Trinajstić information content (AvgIpc) is 3.01. The van der Waals surface area contributed by atoms with Crippen LogP contribution in [0.4, 0.5) is 0 Å². The summed E-state index contributed by atoms with van der Waals surface area (Å²) in [5.74, 6) is 0.170. The molecule has 0 bridgehead atoms. The maximum absolute atomic E-state index is 11.1. The highest BCUT2D eigenvalue weighted by atomic mass is 16.5. The number of rotatable bonds is 5. The van der Waals surface area contributed by atoms with Crippen LogP contribution in [0.25, 0.3) is 0 Å². The number of carboxylic acids is 1. The van der Waals surface area contributed by atoms with Crippen molar-refractivity contribution in [2.24, 2.45) is 5.41 Å². The normalized spacial score (nSPS) is 16.9. The molecule has 3 nitrogen and oxygen atoms in total. The molecule has 1 aromatic carbocycles. The summed E-state index contributed by atoms with van der Waals surface area (Å²) in [6.45, 7) is 3.97. The van der Waals surface area contributed by atoms with Crippen molar-refractivity contribution >= 4 is 5.97 Å². The van der Waals surface area contributed by atoms with E-state index in [1.54, 1.807) is 0 Å². The third-order valence-corrected chi connectivity index (χ3v) is 3.14. The lowest BCUT2D eigenvalue weighted by Crippen LogP contribution is -2.17. The number of benzene rings is 1. The van der Waals surface area contributed by atoms with Gasteiger partial charge in [0.05, 0.1) is 11.5 Å². The Hall–Kier alpha value is -1.51.